The summed E-state index contributed by atoms with van der Waals surface area (Å²) in [5.74, 6) is -0.758. The second-order valence-corrected chi connectivity index (χ2v) is 9.03. The van der Waals surface area contributed by atoms with Crippen molar-refractivity contribution in [2.45, 2.75) is 33.4 Å². The predicted molar refractivity (Wildman–Crippen MR) is 132 cm³/mol. The molecule has 1 saturated heterocycles. The zero-order valence-electron chi connectivity index (χ0n) is 19.9. The van der Waals surface area contributed by atoms with Crippen molar-refractivity contribution in [2.75, 3.05) is 6.61 Å². The van der Waals surface area contributed by atoms with E-state index in [1.165, 1.54) is 17.0 Å². The molecule has 1 fully saturated rings. The van der Waals surface area contributed by atoms with Crippen LogP contribution in [0.4, 0.5) is 0 Å². The van der Waals surface area contributed by atoms with Gasteiger partial charge in [-0.05, 0) is 66.4 Å². The van der Waals surface area contributed by atoms with Crippen molar-refractivity contribution < 1.29 is 24.5 Å². The highest BCUT2D eigenvalue weighted by molar-refractivity contribution is 6.46. The van der Waals surface area contributed by atoms with Gasteiger partial charge in [-0.3, -0.25) is 14.6 Å². The number of benzene rings is 2. The van der Waals surface area contributed by atoms with Gasteiger partial charge >= 0.3 is 0 Å². The third kappa shape index (κ3) is 5.04. The Bertz CT molecular complexity index is 1280. The molecule has 7 nitrogen and oxygen atoms in total. The molecule has 2 N–H and O–H groups in total. The molecule has 7 heteroatoms. The number of amides is 1. The Kier molecular flexibility index (Phi) is 6.87. The Morgan fingerprint density at radius 2 is 1.89 bits per heavy atom. The number of likely N-dealkylation sites (tertiary alicyclic amines) is 1. The molecule has 0 saturated carbocycles. The lowest BCUT2D eigenvalue weighted by Gasteiger charge is -2.25. The van der Waals surface area contributed by atoms with E-state index in [0.717, 1.165) is 5.56 Å². The summed E-state index contributed by atoms with van der Waals surface area (Å²) in [7, 11) is 0. The zero-order chi connectivity index (χ0) is 25.1. The number of aliphatic hydroxyl groups excluding tert-OH is 1. The monoisotopic (exact) mass is 472 g/mol. The number of ether oxygens (including phenoxy) is 1. The van der Waals surface area contributed by atoms with E-state index in [9.17, 15) is 19.8 Å². The van der Waals surface area contributed by atoms with Crippen LogP contribution < -0.4 is 4.74 Å². The van der Waals surface area contributed by atoms with Gasteiger partial charge in [0.2, 0.25) is 0 Å². The summed E-state index contributed by atoms with van der Waals surface area (Å²) in [5, 5.41) is 21.4. The van der Waals surface area contributed by atoms with Crippen LogP contribution in [0.1, 0.15) is 42.3 Å². The first-order chi connectivity index (χ1) is 16.8. The van der Waals surface area contributed by atoms with E-state index in [-0.39, 0.29) is 23.6 Å². The lowest BCUT2D eigenvalue weighted by atomic mass is 9.94. The summed E-state index contributed by atoms with van der Waals surface area (Å²) in [6.45, 7) is 6.60. The van der Waals surface area contributed by atoms with Crippen LogP contribution in [0.15, 0.2) is 72.4 Å². The van der Waals surface area contributed by atoms with Gasteiger partial charge in [0.05, 0.1) is 30.5 Å². The number of pyridine rings is 1. The van der Waals surface area contributed by atoms with Crippen LogP contribution in [-0.2, 0) is 16.1 Å². The molecular weight excluding hydrogens is 444 g/mol. The molecule has 0 aliphatic carbocycles. The molecule has 1 amide bonds. The summed E-state index contributed by atoms with van der Waals surface area (Å²) in [4.78, 5) is 32.0. The number of ketones is 1. The first-order valence-corrected chi connectivity index (χ1v) is 11.5. The van der Waals surface area contributed by atoms with Gasteiger partial charge in [0.25, 0.3) is 11.7 Å². The molecule has 35 heavy (non-hydrogen) atoms. The van der Waals surface area contributed by atoms with E-state index in [1.54, 1.807) is 54.7 Å². The average Bonchev–Trinajstić information content (AvgIpc) is 3.08. The third-order valence-corrected chi connectivity index (χ3v) is 5.80. The number of carbonyl (C=O) groups excluding carboxylic acids is 2. The van der Waals surface area contributed by atoms with Gasteiger partial charge in [-0.15, -0.1) is 0 Å². The molecule has 1 aliphatic heterocycles. The van der Waals surface area contributed by atoms with Crippen LogP contribution in [-0.4, -0.2) is 38.4 Å². The highest BCUT2D eigenvalue weighted by Crippen LogP contribution is 2.41. The number of aliphatic hydroxyl groups is 1. The van der Waals surface area contributed by atoms with Gasteiger partial charge in [-0.25, -0.2) is 0 Å². The van der Waals surface area contributed by atoms with Crippen molar-refractivity contribution in [1.82, 2.24) is 9.88 Å². The van der Waals surface area contributed by atoms with Crippen molar-refractivity contribution in [1.29, 1.82) is 0 Å². The SMILES string of the molecule is Cc1cc(/C(O)=C2/C(=O)C(=O)N(Cc3ccccn3)C2c2cccc(O)c2)ccc1OCC(C)C. The van der Waals surface area contributed by atoms with E-state index >= 15 is 0 Å². The van der Waals surface area contributed by atoms with Crippen molar-refractivity contribution in [3.8, 4) is 11.5 Å². The fraction of sp³-hybridized carbons (Fsp3) is 0.250. The maximum absolute atomic E-state index is 13.2. The van der Waals surface area contributed by atoms with Crippen molar-refractivity contribution in [2.24, 2.45) is 5.92 Å². The van der Waals surface area contributed by atoms with Gasteiger partial charge < -0.3 is 19.8 Å². The third-order valence-electron chi connectivity index (χ3n) is 5.80. The fourth-order valence-corrected chi connectivity index (χ4v) is 4.12. The van der Waals surface area contributed by atoms with Crippen LogP contribution in [0.2, 0.25) is 0 Å². The maximum atomic E-state index is 13.2. The normalized spacial score (nSPS) is 17.3. The van der Waals surface area contributed by atoms with Crippen LogP contribution in [0.5, 0.6) is 11.5 Å². The fourth-order valence-electron chi connectivity index (χ4n) is 4.12. The number of Topliss-reactive ketones (excluding diaryl/α,β-unsaturated/α-hetero) is 1. The number of phenolic OH excluding ortho intramolecular Hbond substituents is 1. The number of aromatic nitrogens is 1. The molecule has 2 aromatic carbocycles. The number of rotatable bonds is 7. The van der Waals surface area contributed by atoms with Crippen molar-refractivity contribution >= 4 is 17.4 Å². The molecule has 0 bridgehead atoms. The Hall–Kier alpha value is -4.13. The summed E-state index contributed by atoms with van der Waals surface area (Å²) < 4.78 is 5.82. The van der Waals surface area contributed by atoms with Crippen LogP contribution in [0, 0.1) is 12.8 Å². The largest absolute Gasteiger partial charge is 0.508 e. The maximum Gasteiger partial charge on any atom is 0.296 e. The Labute approximate surface area is 204 Å². The molecule has 1 aromatic heterocycles. The van der Waals surface area contributed by atoms with E-state index in [1.807, 2.05) is 6.92 Å². The number of hydrogen-bond acceptors (Lipinski definition) is 6. The molecule has 1 unspecified atom stereocenters. The smallest absolute Gasteiger partial charge is 0.296 e. The summed E-state index contributed by atoms with van der Waals surface area (Å²) in [6.07, 6.45) is 1.61. The Morgan fingerprint density at radius 1 is 1.09 bits per heavy atom. The first kappa shape index (κ1) is 24.0. The van der Waals surface area contributed by atoms with E-state index in [4.69, 9.17) is 4.74 Å². The molecule has 4 rings (SSSR count). The number of aryl methyl sites for hydroxylation is 1. The second kappa shape index (κ2) is 10.0. The predicted octanol–water partition coefficient (Wildman–Crippen LogP) is 4.75. The first-order valence-electron chi connectivity index (χ1n) is 11.5. The van der Waals surface area contributed by atoms with E-state index in [2.05, 4.69) is 18.8 Å². The van der Waals surface area contributed by atoms with Gasteiger partial charge in [0.1, 0.15) is 17.3 Å². The topological polar surface area (TPSA) is 100.0 Å². The van der Waals surface area contributed by atoms with Crippen LogP contribution >= 0.6 is 0 Å². The van der Waals surface area contributed by atoms with Gasteiger partial charge in [-0.2, -0.15) is 0 Å². The number of carbonyl (C=O) groups is 2. The highest BCUT2D eigenvalue weighted by Gasteiger charge is 2.46. The van der Waals surface area contributed by atoms with Gasteiger partial charge in [0, 0.05) is 11.8 Å². The summed E-state index contributed by atoms with van der Waals surface area (Å²) in [6, 6.07) is 15.9. The minimum atomic E-state index is -0.888. The van der Waals surface area contributed by atoms with Crippen LogP contribution in [0.25, 0.3) is 5.76 Å². The Morgan fingerprint density at radius 3 is 2.54 bits per heavy atom. The quantitative estimate of drug-likeness (QED) is 0.292. The molecular formula is C28H28N2O5. The molecule has 0 radical (unpaired) electrons. The standard InChI is InChI=1S/C28H28N2O5/c1-17(2)16-35-23-11-10-20(13-18(23)3)26(32)24-25(19-7-6-9-22(31)14-19)30(28(34)27(24)33)15-21-8-4-5-12-29-21/h4-14,17,25,31-32H,15-16H2,1-3H3/b26-24-. The molecule has 2 heterocycles. The minimum absolute atomic E-state index is 0.00609. The molecule has 1 atom stereocenters. The van der Waals surface area contributed by atoms with E-state index in [0.29, 0.717) is 35.1 Å². The number of phenols is 1. The van der Waals surface area contributed by atoms with Gasteiger partial charge in [0.15, 0.2) is 0 Å². The molecule has 180 valence electrons. The zero-order valence-corrected chi connectivity index (χ0v) is 19.9. The molecule has 3 aromatic rings. The minimum Gasteiger partial charge on any atom is -0.508 e. The Balaban J connectivity index is 1.79. The average molecular weight is 473 g/mol. The lowest BCUT2D eigenvalue weighted by molar-refractivity contribution is -0.140. The van der Waals surface area contributed by atoms with Crippen molar-refractivity contribution in [3.05, 3.63) is 94.8 Å². The summed E-state index contributed by atoms with van der Waals surface area (Å²) in [5.41, 5.74) is 2.27. The lowest BCUT2D eigenvalue weighted by Crippen LogP contribution is -2.29. The van der Waals surface area contributed by atoms with Crippen LogP contribution in [0.3, 0.4) is 0 Å². The van der Waals surface area contributed by atoms with Gasteiger partial charge in [-0.1, -0.05) is 32.0 Å². The number of nitrogens with zero attached hydrogens (tertiary/aromatic N) is 2. The van der Waals surface area contributed by atoms with Crippen molar-refractivity contribution in [3.63, 3.8) is 0 Å². The molecule has 0 spiro atoms. The summed E-state index contributed by atoms with van der Waals surface area (Å²) >= 11 is 0. The molecule has 1 aliphatic rings. The van der Waals surface area contributed by atoms with E-state index < -0.39 is 17.7 Å². The second-order valence-electron chi connectivity index (χ2n) is 9.03. The number of aromatic hydroxyl groups is 1. The highest BCUT2D eigenvalue weighted by atomic mass is 16.5. The number of hydrogen-bond donors (Lipinski definition) is 2.